The molecule has 0 saturated heterocycles. The molecule has 3 rings (SSSR count). The zero-order valence-electron chi connectivity index (χ0n) is 15.8. The molecule has 0 bridgehead atoms. The molecule has 10 nitrogen and oxygen atoms in total. The van der Waals surface area contributed by atoms with Gasteiger partial charge in [0.2, 0.25) is 5.89 Å². The summed E-state index contributed by atoms with van der Waals surface area (Å²) in [7, 11) is 2.92. The molecule has 3 aromatic rings. The number of carbonyl (C=O) groups is 1. The number of ether oxygens (including phenoxy) is 3. The maximum absolute atomic E-state index is 12.5. The first-order valence-electron chi connectivity index (χ1n) is 8.44. The van der Waals surface area contributed by atoms with Gasteiger partial charge in [0.1, 0.15) is 17.1 Å². The fourth-order valence-electron chi connectivity index (χ4n) is 2.49. The molecule has 0 radical (unpaired) electrons. The number of nitrogens with zero attached hydrogens (tertiary/aromatic N) is 3. The van der Waals surface area contributed by atoms with Crippen molar-refractivity contribution in [3.05, 3.63) is 64.0 Å². The average Bonchev–Trinajstić information content (AvgIpc) is 3.23. The second kappa shape index (κ2) is 8.38. The van der Waals surface area contributed by atoms with Crippen LogP contribution in [0.25, 0.3) is 11.5 Å². The number of esters is 1. The smallest absolute Gasteiger partial charge is 0.342 e. The molecule has 1 aromatic heterocycles. The molecule has 1 atom stereocenters. The fraction of sp³-hybridized carbons (Fsp3) is 0.211. The van der Waals surface area contributed by atoms with E-state index in [0.717, 1.165) is 0 Å². The number of nitro groups is 1. The molecular formula is C19H17N3O7. The van der Waals surface area contributed by atoms with Gasteiger partial charge in [-0.15, -0.1) is 10.2 Å². The zero-order chi connectivity index (χ0) is 21.0. The van der Waals surface area contributed by atoms with Crippen molar-refractivity contribution in [3.8, 4) is 23.0 Å². The summed E-state index contributed by atoms with van der Waals surface area (Å²) < 4.78 is 21.3. The molecule has 0 aliphatic rings. The summed E-state index contributed by atoms with van der Waals surface area (Å²) in [5, 5.41) is 18.5. The molecule has 0 unspecified atom stereocenters. The summed E-state index contributed by atoms with van der Waals surface area (Å²) in [6, 6.07) is 10.4. The number of nitro benzene ring substituents is 1. The first-order valence-corrected chi connectivity index (χ1v) is 8.44. The van der Waals surface area contributed by atoms with Gasteiger partial charge in [0.15, 0.2) is 6.10 Å². The average molecular weight is 399 g/mol. The Bertz CT molecular complexity index is 1030. The third-order valence-electron chi connectivity index (χ3n) is 4.02. The van der Waals surface area contributed by atoms with Crippen LogP contribution in [0.15, 0.2) is 46.9 Å². The van der Waals surface area contributed by atoms with Gasteiger partial charge in [-0.2, -0.15) is 0 Å². The molecule has 0 aliphatic carbocycles. The normalized spacial score (nSPS) is 11.6. The third-order valence-corrected chi connectivity index (χ3v) is 4.02. The standard InChI is InChI=1S/C19H17N3O7/c1-11(28-19(23)15-10-14(26-2)8-9-16(15)27-3)17-20-21-18(29-17)12-4-6-13(7-5-12)22(24)25/h4-11H,1-3H3/t11-/m0/s1. The summed E-state index contributed by atoms with van der Waals surface area (Å²) in [6.45, 7) is 1.58. The fourth-order valence-corrected chi connectivity index (χ4v) is 2.49. The van der Waals surface area contributed by atoms with Crippen molar-refractivity contribution >= 4 is 11.7 Å². The maximum Gasteiger partial charge on any atom is 0.342 e. The van der Waals surface area contributed by atoms with Crippen LogP contribution >= 0.6 is 0 Å². The van der Waals surface area contributed by atoms with E-state index >= 15 is 0 Å². The Hall–Kier alpha value is -3.95. The lowest BCUT2D eigenvalue weighted by atomic mass is 10.2. The van der Waals surface area contributed by atoms with Crippen LogP contribution in [-0.4, -0.2) is 35.3 Å². The van der Waals surface area contributed by atoms with E-state index in [9.17, 15) is 14.9 Å². The minimum Gasteiger partial charge on any atom is -0.497 e. The number of methoxy groups -OCH3 is 2. The quantitative estimate of drug-likeness (QED) is 0.333. The Morgan fingerprint density at radius 3 is 2.45 bits per heavy atom. The van der Waals surface area contributed by atoms with Crippen LogP contribution in [-0.2, 0) is 4.74 Å². The number of hydrogen-bond acceptors (Lipinski definition) is 9. The topological polar surface area (TPSA) is 127 Å². The van der Waals surface area contributed by atoms with Gasteiger partial charge in [0.25, 0.3) is 11.6 Å². The molecular weight excluding hydrogens is 382 g/mol. The number of benzene rings is 2. The lowest BCUT2D eigenvalue weighted by molar-refractivity contribution is -0.384. The largest absolute Gasteiger partial charge is 0.497 e. The molecule has 0 aliphatic heterocycles. The molecule has 29 heavy (non-hydrogen) atoms. The first kappa shape index (κ1) is 19.8. The van der Waals surface area contributed by atoms with E-state index in [1.807, 2.05) is 0 Å². The van der Waals surface area contributed by atoms with Gasteiger partial charge in [-0.05, 0) is 37.3 Å². The number of hydrogen-bond donors (Lipinski definition) is 0. The molecule has 1 heterocycles. The maximum atomic E-state index is 12.5. The number of non-ortho nitro benzene ring substituents is 1. The van der Waals surface area contributed by atoms with Crippen molar-refractivity contribution in [3.63, 3.8) is 0 Å². The second-order valence-electron chi connectivity index (χ2n) is 5.86. The van der Waals surface area contributed by atoms with Gasteiger partial charge >= 0.3 is 5.97 Å². The molecule has 150 valence electrons. The highest BCUT2D eigenvalue weighted by Crippen LogP contribution is 2.28. The van der Waals surface area contributed by atoms with Gasteiger partial charge in [-0.1, -0.05) is 0 Å². The van der Waals surface area contributed by atoms with Gasteiger partial charge < -0.3 is 18.6 Å². The SMILES string of the molecule is COc1ccc(OC)c(C(=O)O[C@@H](C)c2nnc(-c3ccc([N+](=O)[O-])cc3)o2)c1. The van der Waals surface area contributed by atoms with Crippen molar-refractivity contribution in [2.24, 2.45) is 0 Å². The van der Waals surface area contributed by atoms with Crippen LogP contribution in [0.5, 0.6) is 11.5 Å². The van der Waals surface area contributed by atoms with Crippen LogP contribution in [0, 0.1) is 10.1 Å². The lowest BCUT2D eigenvalue weighted by Crippen LogP contribution is -2.11. The van der Waals surface area contributed by atoms with Crippen molar-refractivity contribution in [1.29, 1.82) is 0 Å². The molecule has 10 heteroatoms. The number of rotatable bonds is 7. The monoisotopic (exact) mass is 399 g/mol. The van der Waals surface area contributed by atoms with Crippen molar-refractivity contribution in [2.45, 2.75) is 13.0 Å². The lowest BCUT2D eigenvalue weighted by Gasteiger charge is -2.12. The Balaban J connectivity index is 1.76. The summed E-state index contributed by atoms with van der Waals surface area (Å²) in [4.78, 5) is 22.8. The Morgan fingerprint density at radius 2 is 1.83 bits per heavy atom. The number of carbonyl (C=O) groups excluding carboxylic acids is 1. The second-order valence-corrected chi connectivity index (χ2v) is 5.86. The van der Waals surface area contributed by atoms with E-state index in [2.05, 4.69) is 10.2 Å². The summed E-state index contributed by atoms with van der Waals surface area (Å²) >= 11 is 0. The molecule has 0 saturated carbocycles. The van der Waals surface area contributed by atoms with Gasteiger partial charge in [0, 0.05) is 17.7 Å². The highest BCUT2D eigenvalue weighted by atomic mass is 16.6. The minimum absolute atomic E-state index is 0.0528. The predicted molar refractivity (Wildman–Crippen MR) is 99.8 cm³/mol. The van der Waals surface area contributed by atoms with Gasteiger partial charge in [-0.3, -0.25) is 10.1 Å². The van der Waals surface area contributed by atoms with Crippen LogP contribution in [0.3, 0.4) is 0 Å². The summed E-state index contributed by atoms with van der Waals surface area (Å²) in [5.41, 5.74) is 0.638. The van der Waals surface area contributed by atoms with E-state index in [1.165, 1.54) is 44.6 Å². The highest BCUT2D eigenvalue weighted by Gasteiger charge is 2.23. The van der Waals surface area contributed by atoms with Crippen molar-refractivity contribution < 1.29 is 28.3 Å². The molecule has 2 aromatic carbocycles. The Labute approximate surface area is 165 Å². The predicted octanol–water partition coefficient (Wildman–Crippen LogP) is 3.58. The van der Waals surface area contributed by atoms with E-state index in [-0.39, 0.29) is 23.0 Å². The van der Waals surface area contributed by atoms with E-state index < -0.39 is 17.0 Å². The van der Waals surface area contributed by atoms with Gasteiger partial charge in [-0.25, -0.2) is 4.79 Å². The molecule has 0 fully saturated rings. The minimum atomic E-state index is -0.835. The van der Waals surface area contributed by atoms with Crippen molar-refractivity contribution in [2.75, 3.05) is 14.2 Å². The van der Waals surface area contributed by atoms with E-state index in [4.69, 9.17) is 18.6 Å². The van der Waals surface area contributed by atoms with Crippen LogP contribution in [0.1, 0.15) is 29.3 Å². The zero-order valence-corrected chi connectivity index (χ0v) is 15.8. The first-order chi connectivity index (χ1) is 13.9. The summed E-state index contributed by atoms with van der Waals surface area (Å²) in [5.74, 6) is 0.386. The molecule has 0 N–H and O–H groups in total. The molecule has 0 amide bonds. The van der Waals surface area contributed by atoms with Crippen LogP contribution in [0.4, 0.5) is 5.69 Å². The van der Waals surface area contributed by atoms with Crippen molar-refractivity contribution in [1.82, 2.24) is 10.2 Å². The summed E-state index contributed by atoms with van der Waals surface area (Å²) in [6.07, 6.45) is -0.835. The van der Waals surface area contributed by atoms with E-state index in [1.54, 1.807) is 19.1 Å². The highest BCUT2D eigenvalue weighted by molar-refractivity contribution is 5.93. The van der Waals surface area contributed by atoms with E-state index in [0.29, 0.717) is 17.1 Å². The van der Waals surface area contributed by atoms with Crippen LogP contribution in [0.2, 0.25) is 0 Å². The Kier molecular flexibility index (Phi) is 5.72. The Morgan fingerprint density at radius 1 is 1.10 bits per heavy atom. The number of aromatic nitrogens is 2. The van der Waals surface area contributed by atoms with Crippen LogP contribution < -0.4 is 9.47 Å². The third kappa shape index (κ3) is 4.32. The van der Waals surface area contributed by atoms with Gasteiger partial charge in [0.05, 0.1) is 19.1 Å². The molecule has 0 spiro atoms.